The summed E-state index contributed by atoms with van der Waals surface area (Å²) in [6, 6.07) is 16.1. The number of rotatable bonds is 3. The Labute approximate surface area is 155 Å². The average Bonchev–Trinajstić information content (AvgIpc) is 3.40. The minimum absolute atomic E-state index is 0.570. The van der Waals surface area contributed by atoms with E-state index < -0.39 is 0 Å². The fourth-order valence-electron chi connectivity index (χ4n) is 5.13. The second-order valence-corrected chi connectivity index (χ2v) is 8.00. The molecule has 1 saturated heterocycles. The van der Waals surface area contributed by atoms with Gasteiger partial charge in [0.2, 0.25) is 0 Å². The van der Waals surface area contributed by atoms with Crippen LogP contribution in [0.2, 0.25) is 0 Å². The van der Waals surface area contributed by atoms with Crippen LogP contribution in [0.25, 0.3) is 21.9 Å². The highest BCUT2D eigenvalue weighted by molar-refractivity contribution is 5.97. The maximum Gasteiger partial charge on any atom is 0.0569 e. The van der Waals surface area contributed by atoms with Crippen LogP contribution in [0.5, 0.6) is 0 Å². The van der Waals surface area contributed by atoms with E-state index in [9.17, 15) is 0 Å². The van der Waals surface area contributed by atoms with Gasteiger partial charge in [-0.2, -0.15) is 5.10 Å². The summed E-state index contributed by atoms with van der Waals surface area (Å²) in [4.78, 5) is 2.76. The Kier molecular flexibility index (Phi) is 4.25. The molecule has 3 aromatic rings. The number of hydrogen-bond acceptors (Lipinski definition) is 2. The van der Waals surface area contributed by atoms with E-state index in [0.717, 1.165) is 6.04 Å². The Morgan fingerprint density at radius 3 is 2.65 bits per heavy atom. The van der Waals surface area contributed by atoms with Crippen LogP contribution in [0.4, 0.5) is 0 Å². The Hall–Kier alpha value is -2.13. The van der Waals surface area contributed by atoms with E-state index >= 15 is 0 Å². The van der Waals surface area contributed by atoms with Crippen LogP contribution in [0.1, 0.15) is 50.1 Å². The van der Waals surface area contributed by atoms with Gasteiger partial charge in [-0.15, -0.1) is 0 Å². The fourth-order valence-corrected chi connectivity index (χ4v) is 5.13. The number of nitrogens with zero attached hydrogens (tertiary/aromatic N) is 2. The Morgan fingerprint density at radius 2 is 1.73 bits per heavy atom. The summed E-state index contributed by atoms with van der Waals surface area (Å²) >= 11 is 0. The molecule has 0 spiro atoms. The SMILES string of the molecule is c1ccc2c(-c3cn[nH]c3C3CCCN(C4CCCC4)C3)cccc2c1. The van der Waals surface area contributed by atoms with E-state index in [2.05, 4.69) is 57.6 Å². The summed E-state index contributed by atoms with van der Waals surface area (Å²) in [5.41, 5.74) is 3.94. The molecule has 1 N–H and O–H groups in total. The third-order valence-electron chi connectivity index (χ3n) is 6.45. The molecule has 1 aliphatic carbocycles. The first kappa shape index (κ1) is 16.1. The topological polar surface area (TPSA) is 31.9 Å². The van der Waals surface area contributed by atoms with Gasteiger partial charge in [-0.3, -0.25) is 10.00 Å². The first-order chi connectivity index (χ1) is 12.9. The lowest BCUT2D eigenvalue weighted by Crippen LogP contribution is -2.40. The molecule has 2 heterocycles. The molecule has 2 aliphatic rings. The predicted octanol–water partition coefficient (Wildman–Crippen LogP) is 5.35. The number of H-pyrrole nitrogens is 1. The minimum atomic E-state index is 0.570. The van der Waals surface area contributed by atoms with Gasteiger partial charge in [0.15, 0.2) is 0 Å². The Bertz CT molecular complexity index is 886. The first-order valence-corrected chi connectivity index (χ1v) is 10.2. The van der Waals surface area contributed by atoms with Gasteiger partial charge in [-0.1, -0.05) is 55.3 Å². The predicted molar refractivity (Wildman–Crippen MR) is 107 cm³/mol. The molecule has 5 rings (SSSR count). The van der Waals surface area contributed by atoms with Crippen molar-refractivity contribution in [1.29, 1.82) is 0 Å². The van der Waals surface area contributed by atoms with Crippen molar-refractivity contribution in [3.63, 3.8) is 0 Å². The second-order valence-electron chi connectivity index (χ2n) is 8.00. The van der Waals surface area contributed by atoms with Gasteiger partial charge in [0.1, 0.15) is 0 Å². The zero-order chi connectivity index (χ0) is 17.3. The molecule has 1 aromatic heterocycles. The number of hydrogen-bond donors (Lipinski definition) is 1. The van der Waals surface area contributed by atoms with Crippen molar-refractivity contribution >= 4 is 10.8 Å². The molecule has 134 valence electrons. The first-order valence-electron chi connectivity index (χ1n) is 10.2. The quantitative estimate of drug-likeness (QED) is 0.694. The molecule has 3 heteroatoms. The molecule has 0 bridgehead atoms. The van der Waals surface area contributed by atoms with Gasteiger partial charge >= 0.3 is 0 Å². The lowest BCUT2D eigenvalue weighted by molar-refractivity contribution is 0.149. The molecule has 1 aliphatic heterocycles. The molecular formula is C23H27N3. The normalized spacial score (nSPS) is 22.2. The smallest absolute Gasteiger partial charge is 0.0569 e. The Balaban J connectivity index is 1.49. The van der Waals surface area contributed by atoms with E-state index in [0.29, 0.717) is 5.92 Å². The summed E-state index contributed by atoms with van der Waals surface area (Å²) in [6.45, 7) is 2.46. The molecule has 2 aromatic carbocycles. The third-order valence-corrected chi connectivity index (χ3v) is 6.45. The van der Waals surface area contributed by atoms with Gasteiger partial charge in [0.25, 0.3) is 0 Å². The van der Waals surface area contributed by atoms with Crippen LogP contribution in [-0.4, -0.2) is 34.2 Å². The summed E-state index contributed by atoms with van der Waals surface area (Å²) in [6.07, 6.45) is 10.2. The van der Waals surface area contributed by atoms with Crippen LogP contribution in [0, 0.1) is 0 Å². The highest BCUT2D eigenvalue weighted by atomic mass is 15.2. The minimum Gasteiger partial charge on any atom is -0.300 e. The molecule has 0 radical (unpaired) electrons. The van der Waals surface area contributed by atoms with Crippen molar-refractivity contribution in [2.75, 3.05) is 13.1 Å². The largest absolute Gasteiger partial charge is 0.300 e. The van der Waals surface area contributed by atoms with Gasteiger partial charge < -0.3 is 0 Å². The van der Waals surface area contributed by atoms with Crippen molar-refractivity contribution in [1.82, 2.24) is 15.1 Å². The van der Waals surface area contributed by atoms with Crippen molar-refractivity contribution in [2.24, 2.45) is 0 Å². The molecular weight excluding hydrogens is 318 g/mol. The summed E-state index contributed by atoms with van der Waals surface area (Å²) in [5.74, 6) is 0.570. The maximum atomic E-state index is 4.46. The molecule has 2 fully saturated rings. The van der Waals surface area contributed by atoms with E-state index in [1.165, 1.54) is 79.2 Å². The third kappa shape index (κ3) is 2.84. The van der Waals surface area contributed by atoms with Crippen molar-refractivity contribution < 1.29 is 0 Å². The van der Waals surface area contributed by atoms with Gasteiger partial charge in [0, 0.05) is 29.8 Å². The number of aromatic amines is 1. The average molecular weight is 345 g/mol. The highest BCUT2D eigenvalue weighted by Crippen LogP contribution is 2.37. The van der Waals surface area contributed by atoms with E-state index in [1.807, 2.05) is 6.20 Å². The summed E-state index contributed by atoms with van der Waals surface area (Å²) in [5, 5.41) is 10.5. The lowest BCUT2D eigenvalue weighted by Gasteiger charge is -2.36. The van der Waals surface area contributed by atoms with Crippen LogP contribution in [-0.2, 0) is 0 Å². The standard InChI is InChI=1S/C23H27N3/c1-4-12-20-17(7-1)8-5-13-21(20)22-15-24-25-23(22)18-9-6-14-26(16-18)19-10-2-3-11-19/h1,4-5,7-8,12-13,15,18-19H,2-3,6,9-11,14,16H2,(H,24,25). The molecule has 3 nitrogen and oxygen atoms in total. The van der Waals surface area contributed by atoms with E-state index in [4.69, 9.17) is 0 Å². The summed E-state index contributed by atoms with van der Waals surface area (Å²) in [7, 11) is 0. The monoisotopic (exact) mass is 345 g/mol. The molecule has 26 heavy (non-hydrogen) atoms. The maximum absolute atomic E-state index is 4.46. The molecule has 0 amide bonds. The van der Waals surface area contributed by atoms with Crippen molar-refractivity contribution in [3.8, 4) is 11.1 Å². The number of likely N-dealkylation sites (tertiary alicyclic amines) is 1. The lowest BCUT2D eigenvalue weighted by atomic mass is 9.88. The van der Waals surface area contributed by atoms with E-state index in [-0.39, 0.29) is 0 Å². The van der Waals surface area contributed by atoms with Crippen LogP contribution in [0.3, 0.4) is 0 Å². The van der Waals surface area contributed by atoms with Crippen LogP contribution in [0.15, 0.2) is 48.7 Å². The zero-order valence-electron chi connectivity index (χ0n) is 15.3. The van der Waals surface area contributed by atoms with Gasteiger partial charge in [0.05, 0.1) is 6.20 Å². The highest BCUT2D eigenvalue weighted by Gasteiger charge is 2.30. The van der Waals surface area contributed by atoms with E-state index in [1.54, 1.807) is 0 Å². The summed E-state index contributed by atoms with van der Waals surface area (Å²) < 4.78 is 0. The number of fused-ring (bicyclic) bond motifs is 1. The second kappa shape index (κ2) is 6.88. The van der Waals surface area contributed by atoms with Crippen LogP contribution >= 0.6 is 0 Å². The molecule has 1 atom stereocenters. The van der Waals surface area contributed by atoms with Crippen LogP contribution < -0.4 is 0 Å². The van der Waals surface area contributed by atoms with Crippen molar-refractivity contribution in [2.45, 2.75) is 50.5 Å². The zero-order valence-corrected chi connectivity index (χ0v) is 15.3. The van der Waals surface area contributed by atoms with Crippen molar-refractivity contribution in [3.05, 3.63) is 54.4 Å². The number of benzene rings is 2. The van der Waals surface area contributed by atoms with Gasteiger partial charge in [-0.05, 0) is 48.6 Å². The molecule has 1 unspecified atom stereocenters. The molecule has 1 saturated carbocycles. The Morgan fingerprint density at radius 1 is 0.885 bits per heavy atom. The number of nitrogens with one attached hydrogen (secondary N) is 1. The fraction of sp³-hybridized carbons (Fsp3) is 0.435. The number of piperidine rings is 1. The van der Waals surface area contributed by atoms with Gasteiger partial charge in [-0.25, -0.2) is 0 Å². The number of aromatic nitrogens is 2.